The number of anilines is 1. The molecule has 35 heavy (non-hydrogen) atoms. The molecule has 4 aromatic rings. The average molecular weight is 508 g/mol. The molecule has 0 radical (unpaired) electrons. The molecule has 9 nitrogen and oxygen atoms in total. The molecule has 176 valence electrons. The predicted molar refractivity (Wildman–Crippen MR) is 133 cm³/mol. The summed E-state index contributed by atoms with van der Waals surface area (Å²) in [6, 6.07) is 16.2. The van der Waals surface area contributed by atoms with E-state index in [-0.39, 0.29) is 6.10 Å². The molecule has 0 spiro atoms. The number of halogens is 1. The van der Waals surface area contributed by atoms with Crippen LogP contribution in [0.1, 0.15) is 18.4 Å². The van der Waals surface area contributed by atoms with E-state index < -0.39 is 4.16 Å². The average Bonchev–Trinajstić information content (AvgIpc) is 3.64. The third-order valence-corrected chi connectivity index (χ3v) is 5.44. The maximum absolute atomic E-state index is 9.71. The van der Waals surface area contributed by atoms with E-state index in [0.717, 1.165) is 18.4 Å². The van der Waals surface area contributed by atoms with Crippen LogP contribution >= 0.6 is 24.4 Å². The lowest BCUT2D eigenvalue weighted by atomic mass is 10.1. The lowest BCUT2D eigenvalue weighted by Gasteiger charge is -2.17. The molecule has 2 aromatic carbocycles. The van der Waals surface area contributed by atoms with Crippen molar-refractivity contribution in [1.29, 1.82) is 5.26 Å². The number of ether oxygens (including phenoxy) is 2. The van der Waals surface area contributed by atoms with Crippen LogP contribution in [0.5, 0.6) is 17.2 Å². The number of hydrogen-bond donors (Lipinski definition) is 3. The number of nitrogens with one attached hydrogen (secondary N) is 1. The van der Waals surface area contributed by atoms with Crippen molar-refractivity contribution in [3.05, 3.63) is 65.3 Å². The number of fused-ring (bicyclic) bond motifs is 1. The molecule has 0 bridgehead atoms. The topological polar surface area (TPSA) is 113 Å². The summed E-state index contributed by atoms with van der Waals surface area (Å²) in [6.45, 7) is 0. The second-order valence-corrected chi connectivity index (χ2v) is 9.34. The Kier molecular flexibility index (Phi) is 6.08. The maximum Gasteiger partial charge on any atom is 0.180 e. The first-order valence-corrected chi connectivity index (χ1v) is 11.5. The van der Waals surface area contributed by atoms with Gasteiger partial charge in [-0.2, -0.15) is 15.9 Å². The molecule has 5 rings (SSSR count). The van der Waals surface area contributed by atoms with Crippen LogP contribution in [0.3, 0.4) is 0 Å². The van der Waals surface area contributed by atoms with Crippen LogP contribution in [0.25, 0.3) is 22.4 Å². The molecule has 11 heteroatoms. The monoisotopic (exact) mass is 507 g/mol. The minimum absolute atomic E-state index is 0.134. The van der Waals surface area contributed by atoms with E-state index in [2.05, 4.69) is 39.3 Å². The van der Waals surface area contributed by atoms with Crippen LogP contribution in [0.15, 0.2) is 54.7 Å². The Balaban J connectivity index is 1.33. The zero-order valence-corrected chi connectivity index (χ0v) is 20.2. The number of nitrogens with zero attached hydrogens (tertiary/aromatic N) is 5. The van der Waals surface area contributed by atoms with Crippen molar-refractivity contribution >= 4 is 41.4 Å². The van der Waals surface area contributed by atoms with Gasteiger partial charge in [-0.3, -0.25) is 0 Å². The summed E-state index contributed by atoms with van der Waals surface area (Å²) in [5.74, 6) is 1.84. The highest BCUT2D eigenvalue weighted by Gasteiger charge is 2.26. The Labute approximate surface area is 211 Å². The molecule has 0 amide bonds. The molecular formula is C24H20ClN6O3S+. The van der Waals surface area contributed by atoms with Gasteiger partial charge in [-0.15, -0.1) is 0 Å². The number of hydrogen-bond acceptors (Lipinski definition) is 9. The molecule has 2 aromatic heterocycles. The normalized spacial score (nSPS) is 14.7. The standard InChI is InChI=1S/C24H20ClN6O3S/c1-31(32,35)30-22-9-8-20-24(29-22)27-13-21(28-20)14-2-4-16(5-3-14)33-18-10-15(12-26)23(19(25)11-18)34-17-6-7-17/h2-5,8-11,13,17,32,35H,6-7H2,1H3,(H,27,29,30)/q+1. The first kappa shape index (κ1) is 23.1. The van der Waals surface area contributed by atoms with Gasteiger partial charge in [0, 0.05) is 17.7 Å². The Bertz CT molecular complexity index is 1450. The predicted octanol–water partition coefficient (Wildman–Crippen LogP) is 5.56. The van der Waals surface area contributed by atoms with Crippen molar-refractivity contribution in [2.24, 2.45) is 0 Å². The minimum atomic E-state index is -0.763. The van der Waals surface area contributed by atoms with E-state index in [4.69, 9.17) is 21.1 Å². The van der Waals surface area contributed by atoms with Crippen LogP contribution in [0, 0.1) is 11.3 Å². The number of aromatic nitrogens is 3. The van der Waals surface area contributed by atoms with Gasteiger partial charge in [0.15, 0.2) is 17.2 Å². The van der Waals surface area contributed by atoms with Gasteiger partial charge in [0.05, 0.1) is 28.6 Å². The summed E-state index contributed by atoms with van der Waals surface area (Å²) in [5, 5.41) is 19.5. The van der Waals surface area contributed by atoms with Crippen LogP contribution in [-0.2, 0) is 0 Å². The highest BCUT2D eigenvalue weighted by molar-refractivity contribution is 7.74. The summed E-state index contributed by atoms with van der Waals surface area (Å²) in [5.41, 5.74) is 5.58. The number of hydroxylamine groups is 1. The highest BCUT2D eigenvalue weighted by Crippen LogP contribution is 2.38. The van der Waals surface area contributed by atoms with Crippen molar-refractivity contribution in [2.45, 2.75) is 18.9 Å². The van der Waals surface area contributed by atoms with Crippen LogP contribution in [0.4, 0.5) is 5.82 Å². The van der Waals surface area contributed by atoms with Crippen molar-refractivity contribution in [3.8, 4) is 34.6 Å². The van der Waals surface area contributed by atoms with E-state index in [1.807, 2.05) is 12.1 Å². The van der Waals surface area contributed by atoms with Crippen LogP contribution in [0.2, 0.25) is 5.02 Å². The van der Waals surface area contributed by atoms with E-state index >= 15 is 0 Å². The highest BCUT2D eigenvalue weighted by atomic mass is 35.5. The second kappa shape index (κ2) is 9.20. The molecule has 2 N–H and O–H groups in total. The molecule has 1 atom stereocenters. The molecular weight excluding hydrogens is 488 g/mol. The molecule has 2 heterocycles. The quantitative estimate of drug-likeness (QED) is 0.169. The van der Waals surface area contributed by atoms with Gasteiger partial charge < -0.3 is 9.47 Å². The number of quaternary nitrogens is 1. The second-order valence-electron chi connectivity index (χ2n) is 8.16. The fourth-order valence-corrected chi connectivity index (χ4v) is 3.69. The molecule has 0 saturated heterocycles. The largest absolute Gasteiger partial charge is 0.487 e. The van der Waals surface area contributed by atoms with E-state index in [1.54, 1.807) is 42.6 Å². The lowest BCUT2D eigenvalue weighted by Crippen LogP contribution is -2.35. The Hall–Kier alpha value is -3.62. The molecule has 1 aliphatic rings. The van der Waals surface area contributed by atoms with Crippen molar-refractivity contribution < 1.29 is 18.8 Å². The van der Waals surface area contributed by atoms with E-state index in [0.29, 0.717) is 50.5 Å². The van der Waals surface area contributed by atoms with Gasteiger partial charge in [-0.1, -0.05) is 11.6 Å². The maximum atomic E-state index is 9.71. The number of nitriles is 1. The summed E-state index contributed by atoms with van der Waals surface area (Å²) in [6.07, 6.45) is 3.71. The molecule has 1 fully saturated rings. The minimum Gasteiger partial charge on any atom is -0.487 e. The molecule has 1 saturated carbocycles. The summed E-state index contributed by atoms with van der Waals surface area (Å²) in [4.78, 5) is 13.3. The Morgan fingerprint density at radius 3 is 2.60 bits per heavy atom. The lowest BCUT2D eigenvalue weighted by molar-refractivity contribution is -0.955. The summed E-state index contributed by atoms with van der Waals surface area (Å²) >= 11 is 10.3. The van der Waals surface area contributed by atoms with E-state index in [9.17, 15) is 10.5 Å². The number of rotatable bonds is 7. The van der Waals surface area contributed by atoms with Gasteiger partial charge in [-0.25, -0.2) is 15.0 Å². The van der Waals surface area contributed by atoms with Crippen LogP contribution in [-0.4, -0.2) is 37.5 Å². The van der Waals surface area contributed by atoms with Gasteiger partial charge >= 0.3 is 0 Å². The van der Waals surface area contributed by atoms with Gasteiger partial charge in [0.25, 0.3) is 0 Å². The SMILES string of the molecule is C[N+](O)(S)Nc1ccc2nc(-c3ccc(Oc4cc(Cl)c(OC5CC5)c(C#N)c4)cc3)cnc2n1. The molecule has 0 aliphatic heterocycles. The Morgan fingerprint density at radius 2 is 1.91 bits per heavy atom. The molecule has 1 aliphatic carbocycles. The van der Waals surface area contributed by atoms with Gasteiger partial charge in [0.2, 0.25) is 0 Å². The third-order valence-electron chi connectivity index (χ3n) is 5.06. The fraction of sp³-hybridized carbons (Fsp3) is 0.167. The fourth-order valence-electron chi connectivity index (χ4n) is 3.34. The zero-order valence-electron chi connectivity index (χ0n) is 18.5. The number of thiol groups is 1. The van der Waals surface area contributed by atoms with Crippen LogP contribution < -0.4 is 14.9 Å². The first-order valence-electron chi connectivity index (χ1n) is 10.7. The number of benzene rings is 2. The van der Waals surface area contributed by atoms with Crippen molar-refractivity contribution in [1.82, 2.24) is 15.0 Å². The van der Waals surface area contributed by atoms with E-state index in [1.165, 1.54) is 7.05 Å². The summed E-state index contributed by atoms with van der Waals surface area (Å²) in [7, 11) is 1.44. The Morgan fingerprint density at radius 1 is 1.14 bits per heavy atom. The zero-order chi connectivity index (χ0) is 24.6. The number of pyridine rings is 1. The smallest absolute Gasteiger partial charge is 0.180 e. The first-order chi connectivity index (χ1) is 16.8. The van der Waals surface area contributed by atoms with Crippen molar-refractivity contribution in [2.75, 3.05) is 12.5 Å². The van der Waals surface area contributed by atoms with Gasteiger partial charge in [-0.05, 0) is 53.4 Å². The molecule has 1 unspecified atom stereocenters. The van der Waals surface area contributed by atoms with Crippen molar-refractivity contribution in [3.63, 3.8) is 0 Å². The summed E-state index contributed by atoms with van der Waals surface area (Å²) < 4.78 is 10.9. The third kappa shape index (κ3) is 5.55. The van der Waals surface area contributed by atoms with Gasteiger partial charge in [0.1, 0.15) is 42.9 Å².